The van der Waals surface area contributed by atoms with Crippen molar-refractivity contribution < 1.29 is 0 Å². The fraction of sp³-hybridized carbons (Fsp3) is 0.250. The first kappa shape index (κ1) is 13.9. The third-order valence-corrected chi connectivity index (χ3v) is 3.36. The molecule has 2 nitrogen and oxygen atoms in total. The molecule has 19 heavy (non-hydrogen) atoms. The van der Waals surface area contributed by atoms with E-state index in [-0.39, 0.29) is 0 Å². The number of benzene rings is 2. The van der Waals surface area contributed by atoms with Crippen LogP contribution in [0, 0.1) is 6.92 Å². The Morgan fingerprint density at radius 1 is 1.05 bits per heavy atom. The van der Waals surface area contributed by atoms with E-state index in [1.807, 2.05) is 12.1 Å². The summed E-state index contributed by atoms with van der Waals surface area (Å²) in [4.78, 5) is 2.24. The van der Waals surface area contributed by atoms with Crippen LogP contribution in [0.1, 0.15) is 16.7 Å². The van der Waals surface area contributed by atoms with E-state index >= 15 is 0 Å². The van der Waals surface area contributed by atoms with E-state index in [9.17, 15) is 0 Å². The SMILES string of the molecule is Cc1ccc(CN(C)Cc2ccc(Cl)cc2N)cc1. The maximum Gasteiger partial charge on any atom is 0.0426 e. The number of aryl methyl sites for hydroxylation is 1. The van der Waals surface area contributed by atoms with Gasteiger partial charge in [-0.1, -0.05) is 47.5 Å². The first-order valence-electron chi connectivity index (χ1n) is 6.32. The molecule has 0 saturated heterocycles. The molecule has 0 unspecified atom stereocenters. The van der Waals surface area contributed by atoms with Gasteiger partial charge in [0.2, 0.25) is 0 Å². The average Bonchev–Trinajstić information content (AvgIpc) is 2.36. The highest BCUT2D eigenvalue weighted by Gasteiger charge is 2.05. The van der Waals surface area contributed by atoms with Crippen molar-refractivity contribution in [2.24, 2.45) is 0 Å². The maximum absolute atomic E-state index is 5.97. The molecule has 0 radical (unpaired) electrons. The van der Waals surface area contributed by atoms with Crippen LogP contribution in [-0.4, -0.2) is 11.9 Å². The van der Waals surface area contributed by atoms with Crippen molar-refractivity contribution in [3.63, 3.8) is 0 Å². The Kier molecular flexibility index (Phi) is 4.46. The molecule has 3 heteroatoms. The molecule has 100 valence electrons. The molecule has 2 aromatic carbocycles. The summed E-state index contributed by atoms with van der Waals surface area (Å²) >= 11 is 5.90. The quantitative estimate of drug-likeness (QED) is 0.858. The summed E-state index contributed by atoms with van der Waals surface area (Å²) in [5.41, 5.74) is 10.4. The van der Waals surface area contributed by atoms with Gasteiger partial charge in [0.15, 0.2) is 0 Å². The fourth-order valence-electron chi connectivity index (χ4n) is 2.06. The van der Waals surface area contributed by atoms with Crippen LogP contribution in [0.15, 0.2) is 42.5 Å². The minimum atomic E-state index is 0.683. The molecule has 0 aliphatic rings. The zero-order chi connectivity index (χ0) is 13.8. The molecule has 0 bridgehead atoms. The summed E-state index contributed by atoms with van der Waals surface area (Å²) in [7, 11) is 2.09. The molecular weight excluding hydrogens is 256 g/mol. The molecule has 0 heterocycles. The summed E-state index contributed by atoms with van der Waals surface area (Å²) in [5, 5.41) is 0.683. The Bertz CT molecular complexity index is 549. The highest BCUT2D eigenvalue weighted by molar-refractivity contribution is 6.30. The van der Waals surface area contributed by atoms with Gasteiger partial charge < -0.3 is 5.73 Å². The zero-order valence-corrected chi connectivity index (χ0v) is 12.1. The number of hydrogen-bond acceptors (Lipinski definition) is 2. The predicted molar refractivity (Wildman–Crippen MR) is 82.2 cm³/mol. The molecule has 2 aromatic rings. The first-order chi connectivity index (χ1) is 9.04. The van der Waals surface area contributed by atoms with Crippen molar-refractivity contribution in [1.82, 2.24) is 4.90 Å². The van der Waals surface area contributed by atoms with Crippen molar-refractivity contribution in [3.8, 4) is 0 Å². The van der Waals surface area contributed by atoms with Crippen LogP contribution in [0.2, 0.25) is 5.02 Å². The van der Waals surface area contributed by atoms with E-state index < -0.39 is 0 Å². The average molecular weight is 275 g/mol. The van der Waals surface area contributed by atoms with E-state index in [1.165, 1.54) is 11.1 Å². The second kappa shape index (κ2) is 6.09. The highest BCUT2D eigenvalue weighted by atomic mass is 35.5. The largest absolute Gasteiger partial charge is 0.398 e. The molecule has 0 spiro atoms. The van der Waals surface area contributed by atoms with Crippen molar-refractivity contribution >= 4 is 17.3 Å². The van der Waals surface area contributed by atoms with Crippen molar-refractivity contribution in [1.29, 1.82) is 0 Å². The van der Waals surface area contributed by atoms with Gasteiger partial charge in [0.05, 0.1) is 0 Å². The predicted octanol–water partition coefficient (Wildman–Crippen LogP) is 3.86. The van der Waals surface area contributed by atoms with Crippen LogP contribution in [0.3, 0.4) is 0 Å². The summed E-state index contributed by atoms with van der Waals surface area (Å²) in [5.74, 6) is 0. The summed E-state index contributed by atoms with van der Waals surface area (Å²) < 4.78 is 0. The fourth-order valence-corrected chi connectivity index (χ4v) is 2.24. The molecule has 0 aromatic heterocycles. The topological polar surface area (TPSA) is 29.3 Å². The molecule has 0 aliphatic carbocycles. The van der Waals surface area contributed by atoms with Crippen LogP contribution in [-0.2, 0) is 13.1 Å². The Hall–Kier alpha value is -1.51. The summed E-state index contributed by atoms with van der Waals surface area (Å²) in [6, 6.07) is 14.3. The van der Waals surface area contributed by atoms with E-state index in [1.54, 1.807) is 6.07 Å². The molecule has 0 aliphatic heterocycles. The molecule has 0 atom stereocenters. The zero-order valence-electron chi connectivity index (χ0n) is 11.4. The minimum Gasteiger partial charge on any atom is -0.398 e. The van der Waals surface area contributed by atoms with Crippen molar-refractivity contribution in [2.75, 3.05) is 12.8 Å². The molecule has 0 amide bonds. The summed E-state index contributed by atoms with van der Waals surface area (Å²) in [6.07, 6.45) is 0. The van der Waals surface area contributed by atoms with E-state index in [0.29, 0.717) is 5.02 Å². The van der Waals surface area contributed by atoms with Crippen LogP contribution in [0.25, 0.3) is 0 Å². The second-order valence-corrected chi connectivity index (χ2v) is 5.44. The lowest BCUT2D eigenvalue weighted by Gasteiger charge is -2.18. The van der Waals surface area contributed by atoms with E-state index in [4.69, 9.17) is 17.3 Å². The number of nitrogen functional groups attached to an aromatic ring is 1. The smallest absolute Gasteiger partial charge is 0.0426 e. The van der Waals surface area contributed by atoms with Gasteiger partial charge in [-0.3, -0.25) is 4.90 Å². The number of nitrogens with zero attached hydrogens (tertiary/aromatic N) is 1. The highest BCUT2D eigenvalue weighted by Crippen LogP contribution is 2.19. The van der Waals surface area contributed by atoms with Gasteiger partial charge in [-0.05, 0) is 37.2 Å². The first-order valence-corrected chi connectivity index (χ1v) is 6.70. The Balaban J connectivity index is 2.01. The van der Waals surface area contributed by atoms with Gasteiger partial charge in [0.1, 0.15) is 0 Å². The van der Waals surface area contributed by atoms with Gasteiger partial charge >= 0.3 is 0 Å². The molecule has 0 fully saturated rings. The van der Waals surface area contributed by atoms with E-state index in [2.05, 4.69) is 43.1 Å². The lowest BCUT2D eigenvalue weighted by molar-refractivity contribution is 0.319. The van der Waals surface area contributed by atoms with Gasteiger partial charge in [0.25, 0.3) is 0 Å². The second-order valence-electron chi connectivity index (χ2n) is 5.00. The molecule has 2 N–H and O–H groups in total. The van der Waals surface area contributed by atoms with Gasteiger partial charge in [-0.15, -0.1) is 0 Å². The molecule has 2 rings (SSSR count). The number of rotatable bonds is 4. The monoisotopic (exact) mass is 274 g/mol. The Labute approximate surface area is 119 Å². The number of anilines is 1. The third-order valence-electron chi connectivity index (χ3n) is 3.12. The Morgan fingerprint density at radius 3 is 2.37 bits per heavy atom. The lowest BCUT2D eigenvalue weighted by Crippen LogP contribution is -2.18. The molecular formula is C16H19ClN2. The standard InChI is InChI=1S/C16H19ClN2/c1-12-3-5-13(6-4-12)10-19(2)11-14-7-8-15(17)9-16(14)18/h3-9H,10-11,18H2,1-2H3. The van der Waals surface area contributed by atoms with Gasteiger partial charge in [-0.25, -0.2) is 0 Å². The van der Waals surface area contributed by atoms with Crippen LogP contribution < -0.4 is 5.73 Å². The Morgan fingerprint density at radius 2 is 1.74 bits per heavy atom. The van der Waals surface area contributed by atoms with Crippen molar-refractivity contribution in [2.45, 2.75) is 20.0 Å². The van der Waals surface area contributed by atoms with Crippen molar-refractivity contribution in [3.05, 3.63) is 64.2 Å². The molecule has 0 saturated carbocycles. The van der Waals surface area contributed by atoms with Crippen LogP contribution in [0.4, 0.5) is 5.69 Å². The minimum absolute atomic E-state index is 0.683. The summed E-state index contributed by atoms with van der Waals surface area (Å²) in [6.45, 7) is 3.82. The normalized spacial score (nSPS) is 10.9. The van der Waals surface area contributed by atoms with Crippen LogP contribution >= 0.6 is 11.6 Å². The van der Waals surface area contributed by atoms with E-state index in [0.717, 1.165) is 24.3 Å². The lowest BCUT2D eigenvalue weighted by atomic mass is 10.1. The van der Waals surface area contributed by atoms with Gasteiger partial charge in [-0.2, -0.15) is 0 Å². The number of nitrogens with two attached hydrogens (primary N) is 1. The number of halogens is 1. The number of hydrogen-bond donors (Lipinski definition) is 1. The van der Waals surface area contributed by atoms with Crippen LogP contribution in [0.5, 0.6) is 0 Å². The van der Waals surface area contributed by atoms with Gasteiger partial charge in [0, 0.05) is 23.8 Å². The maximum atomic E-state index is 5.97. The third kappa shape index (κ3) is 3.98.